The molecule has 0 aliphatic heterocycles. The van der Waals surface area contributed by atoms with Crippen molar-refractivity contribution in [1.29, 1.82) is 0 Å². The van der Waals surface area contributed by atoms with Gasteiger partial charge in [-0.05, 0) is 50.4 Å². The summed E-state index contributed by atoms with van der Waals surface area (Å²) in [7, 11) is 1.97. The van der Waals surface area contributed by atoms with Crippen molar-refractivity contribution in [2.24, 2.45) is 0 Å². The van der Waals surface area contributed by atoms with Crippen molar-refractivity contribution in [3.8, 4) is 0 Å². The molecule has 112 valence electrons. The van der Waals surface area contributed by atoms with Crippen LogP contribution < -0.4 is 5.32 Å². The molecule has 0 unspecified atom stereocenters. The van der Waals surface area contributed by atoms with Crippen molar-refractivity contribution in [2.45, 2.75) is 50.6 Å². The molecule has 1 aromatic rings. The fraction of sp³-hybridized carbons (Fsp3) is 0.600. The zero-order valence-electron chi connectivity index (χ0n) is 11.5. The second-order valence-corrected chi connectivity index (χ2v) is 5.27. The van der Waals surface area contributed by atoms with Gasteiger partial charge in [0.25, 0.3) is 0 Å². The van der Waals surface area contributed by atoms with Crippen molar-refractivity contribution in [3.05, 3.63) is 35.4 Å². The zero-order chi connectivity index (χ0) is 14.6. The lowest BCUT2D eigenvalue weighted by Gasteiger charge is -2.28. The fourth-order valence-electron chi connectivity index (χ4n) is 2.52. The predicted molar refractivity (Wildman–Crippen MR) is 71.3 cm³/mol. The van der Waals surface area contributed by atoms with Gasteiger partial charge >= 0.3 is 6.18 Å². The third-order valence-electron chi connectivity index (χ3n) is 3.85. The van der Waals surface area contributed by atoms with Crippen LogP contribution in [0.4, 0.5) is 13.2 Å². The van der Waals surface area contributed by atoms with Crippen molar-refractivity contribution < 1.29 is 17.9 Å². The van der Waals surface area contributed by atoms with Gasteiger partial charge in [-0.15, -0.1) is 0 Å². The first-order chi connectivity index (χ1) is 9.49. The molecule has 0 aromatic heterocycles. The molecular weight excluding hydrogens is 267 g/mol. The van der Waals surface area contributed by atoms with Gasteiger partial charge in [-0.25, -0.2) is 0 Å². The predicted octanol–water partition coefficient (Wildman–Crippen LogP) is 3.75. The molecule has 1 aliphatic rings. The summed E-state index contributed by atoms with van der Waals surface area (Å²) in [4.78, 5) is 0. The number of hydrogen-bond acceptors (Lipinski definition) is 2. The average Bonchev–Trinajstić information content (AvgIpc) is 2.45. The first-order valence-corrected chi connectivity index (χ1v) is 6.94. The largest absolute Gasteiger partial charge is 0.416 e. The second kappa shape index (κ2) is 6.59. The van der Waals surface area contributed by atoms with E-state index in [1.807, 2.05) is 7.05 Å². The molecular formula is C15H20F3NO. The van der Waals surface area contributed by atoms with Gasteiger partial charge in [-0.1, -0.05) is 12.1 Å². The number of halogens is 3. The minimum absolute atomic E-state index is 0.224. The molecule has 0 spiro atoms. The highest BCUT2D eigenvalue weighted by Gasteiger charge is 2.30. The molecule has 1 aromatic carbocycles. The minimum atomic E-state index is -4.27. The Morgan fingerprint density at radius 2 is 1.70 bits per heavy atom. The number of benzene rings is 1. The van der Waals surface area contributed by atoms with Crippen LogP contribution in [0.1, 0.15) is 36.8 Å². The third kappa shape index (κ3) is 4.21. The Hall–Kier alpha value is -1.07. The van der Waals surface area contributed by atoms with E-state index in [-0.39, 0.29) is 6.10 Å². The van der Waals surface area contributed by atoms with Crippen molar-refractivity contribution >= 4 is 0 Å². The molecule has 0 amide bonds. The first kappa shape index (κ1) is 15.3. The summed E-state index contributed by atoms with van der Waals surface area (Å²) < 4.78 is 43.1. The maximum Gasteiger partial charge on any atom is 0.416 e. The first-order valence-electron chi connectivity index (χ1n) is 6.94. The summed E-state index contributed by atoms with van der Waals surface area (Å²) in [5.41, 5.74) is 0.171. The number of alkyl halides is 3. The second-order valence-electron chi connectivity index (χ2n) is 5.27. The number of rotatable bonds is 4. The summed E-state index contributed by atoms with van der Waals surface area (Å²) in [5, 5.41) is 3.26. The van der Waals surface area contributed by atoms with Crippen molar-refractivity contribution in [3.63, 3.8) is 0 Å². The smallest absolute Gasteiger partial charge is 0.374 e. The highest BCUT2D eigenvalue weighted by molar-refractivity contribution is 5.24. The number of hydrogen-bond donors (Lipinski definition) is 1. The maximum absolute atomic E-state index is 12.4. The van der Waals surface area contributed by atoms with E-state index in [1.165, 1.54) is 12.1 Å². The van der Waals surface area contributed by atoms with Gasteiger partial charge < -0.3 is 10.1 Å². The molecule has 0 heterocycles. The molecule has 1 aliphatic carbocycles. The Labute approximate surface area is 117 Å². The van der Waals surface area contributed by atoms with Crippen LogP contribution in [0, 0.1) is 0 Å². The molecule has 1 N–H and O–H groups in total. The molecule has 1 saturated carbocycles. The van der Waals surface area contributed by atoms with E-state index in [0.717, 1.165) is 43.4 Å². The van der Waals surface area contributed by atoms with Gasteiger partial charge in [0.1, 0.15) is 0 Å². The van der Waals surface area contributed by atoms with Crippen molar-refractivity contribution in [2.75, 3.05) is 7.05 Å². The maximum atomic E-state index is 12.4. The molecule has 0 saturated heterocycles. The Kier molecular flexibility index (Phi) is 5.05. The van der Waals surface area contributed by atoms with Gasteiger partial charge in [0.2, 0.25) is 0 Å². The molecule has 0 bridgehead atoms. The van der Waals surface area contributed by atoms with E-state index in [2.05, 4.69) is 5.32 Å². The highest BCUT2D eigenvalue weighted by atomic mass is 19.4. The Balaban J connectivity index is 1.80. The highest BCUT2D eigenvalue weighted by Crippen LogP contribution is 2.29. The van der Waals surface area contributed by atoms with Gasteiger partial charge in [-0.2, -0.15) is 13.2 Å². The topological polar surface area (TPSA) is 21.3 Å². The molecule has 0 atom stereocenters. The number of nitrogens with one attached hydrogen (secondary N) is 1. The standard InChI is InChI=1S/C15H20F3NO/c1-19-13-6-8-14(9-7-13)20-10-11-2-4-12(5-3-11)15(16,17)18/h2-5,13-14,19H,6-10H2,1H3. The van der Waals surface area contributed by atoms with Crippen LogP contribution in [0.25, 0.3) is 0 Å². The van der Waals surface area contributed by atoms with Crippen molar-refractivity contribution in [1.82, 2.24) is 5.32 Å². The average molecular weight is 287 g/mol. The molecule has 0 radical (unpaired) electrons. The quantitative estimate of drug-likeness (QED) is 0.910. The molecule has 5 heteroatoms. The summed E-state index contributed by atoms with van der Waals surface area (Å²) in [6, 6.07) is 5.76. The van der Waals surface area contributed by atoms with E-state index in [4.69, 9.17) is 4.74 Å². The van der Waals surface area contributed by atoms with E-state index >= 15 is 0 Å². The van der Waals surface area contributed by atoms with E-state index in [0.29, 0.717) is 12.6 Å². The van der Waals surface area contributed by atoms with Gasteiger partial charge in [0.15, 0.2) is 0 Å². The summed E-state index contributed by atoms with van der Waals surface area (Å²) in [6.45, 7) is 0.382. The number of ether oxygens (including phenoxy) is 1. The van der Waals surface area contributed by atoms with Crippen LogP contribution >= 0.6 is 0 Å². The van der Waals surface area contributed by atoms with Crippen LogP contribution in [0.5, 0.6) is 0 Å². The van der Waals surface area contributed by atoms with Gasteiger partial charge in [0.05, 0.1) is 18.3 Å². The monoisotopic (exact) mass is 287 g/mol. The van der Waals surface area contributed by atoms with E-state index in [1.54, 1.807) is 0 Å². The van der Waals surface area contributed by atoms with Gasteiger partial charge in [0, 0.05) is 6.04 Å². The van der Waals surface area contributed by atoms with E-state index in [9.17, 15) is 13.2 Å². The lowest BCUT2D eigenvalue weighted by atomic mass is 9.93. The van der Waals surface area contributed by atoms with E-state index < -0.39 is 11.7 Å². The zero-order valence-corrected chi connectivity index (χ0v) is 11.5. The SMILES string of the molecule is CNC1CCC(OCc2ccc(C(F)(F)F)cc2)CC1. The molecule has 1 fully saturated rings. The molecule has 2 rings (SSSR count). The summed E-state index contributed by atoms with van der Waals surface area (Å²) >= 11 is 0. The molecule has 20 heavy (non-hydrogen) atoms. The fourth-order valence-corrected chi connectivity index (χ4v) is 2.52. The lowest BCUT2D eigenvalue weighted by Crippen LogP contribution is -2.32. The summed E-state index contributed by atoms with van der Waals surface area (Å²) in [6.07, 6.45) is 0.146. The Morgan fingerprint density at radius 3 is 2.20 bits per heavy atom. The van der Waals surface area contributed by atoms with Gasteiger partial charge in [-0.3, -0.25) is 0 Å². The summed E-state index contributed by atoms with van der Waals surface area (Å²) in [5.74, 6) is 0. The Bertz CT molecular complexity index is 408. The minimum Gasteiger partial charge on any atom is -0.374 e. The van der Waals surface area contributed by atoms with Crippen LogP contribution in [0.15, 0.2) is 24.3 Å². The van der Waals surface area contributed by atoms with Crippen LogP contribution in [-0.4, -0.2) is 19.2 Å². The van der Waals surface area contributed by atoms with Crippen LogP contribution in [-0.2, 0) is 17.5 Å². The lowest BCUT2D eigenvalue weighted by molar-refractivity contribution is -0.137. The Morgan fingerprint density at radius 1 is 1.10 bits per heavy atom. The molecule has 2 nitrogen and oxygen atoms in total. The normalized spacial score (nSPS) is 23.8. The van der Waals surface area contributed by atoms with Crippen LogP contribution in [0.2, 0.25) is 0 Å². The van der Waals surface area contributed by atoms with Crippen LogP contribution in [0.3, 0.4) is 0 Å². The third-order valence-corrected chi connectivity index (χ3v) is 3.85.